The van der Waals surface area contributed by atoms with Crippen molar-refractivity contribution in [1.82, 2.24) is 10.2 Å². The minimum absolute atomic E-state index is 0.0270. The largest absolute Gasteiger partial charge is 0.465 e. The van der Waals surface area contributed by atoms with E-state index in [9.17, 15) is 23.1 Å². The molecule has 1 rings (SSSR count). The van der Waals surface area contributed by atoms with E-state index in [0.717, 1.165) is 6.08 Å². The van der Waals surface area contributed by atoms with Crippen LogP contribution in [0.5, 0.6) is 0 Å². The molecule has 0 saturated heterocycles. The lowest BCUT2D eigenvalue weighted by Gasteiger charge is -2.45. The minimum atomic E-state index is -4.40. The molecule has 1 aliphatic rings. The molecule has 1 aliphatic carbocycles. The molecular weight excluding hydrogens is 401 g/mol. The van der Waals surface area contributed by atoms with E-state index in [1.54, 1.807) is 20.8 Å². The summed E-state index contributed by atoms with van der Waals surface area (Å²) in [7, 11) is -1.96. The second-order valence-electron chi connectivity index (χ2n) is 10.2. The Balaban J connectivity index is 2.95. The lowest BCUT2D eigenvalue weighted by molar-refractivity contribution is -0.0972. The molecule has 5 nitrogen and oxygen atoms in total. The number of halogens is 3. The van der Waals surface area contributed by atoms with Crippen molar-refractivity contribution in [2.75, 3.05) is 13.2 Å². The second-order valence-corrected chi connectivity index (χ2v) is 15.0. The third-order valence-corrected chi connectivity index (χ3v) is 10.5. The fourth-order valence-corrected chi connectivity index (χ4v) is 4.35. The van der Waals surface area contributed by atoms with E-state index in [4.69, 9.17) is 4.43 Å². The van der Waals surface area contributed by atoms with Crippen LogP contribution in [0.15, 0.2) is 11.6 Å². The van der Waals surface area contributed by atoms with Gasteiger partial charge in [0.25, 0.3) is 0 Å². The van der Waals surface area contributed by atoms with E-state index in [2.05, 4.69) is 39.2 Å². The Morgan fingerprint density at radius 3 is 2.21 bits per heavy atom. The van der Waals surface area contributed by atoms with Gasteiger partial charge in [-0.25, -0.2) is 4.79 Å². The number of nitrogens with one attached hydrogen (secondary N) is 1. The Kier molecular flexibility index (Phi) is 8.04. The summed E-state index contributed by atoms with van der Waals surface area (Å²) in [4.78, 5) is 13.1. The van der Waals surface area contributed by atoms with Crippen LogP contribution in [-0.4, -0.2) is 61.4 Å². The molecule has 0 aromatic carbocycles. The number of hydrogen-bond acceptors (Lipinski definition) is 3. The molecule has 1 amide bonds. The second kappa shape index (κ2) is 8.97. The van der Waals surface area contributed by atoms with Gasteiger partial charge in [0, 0.05) is 30.3 Å². The number of carboxylic acid groups (broad SMARTS) is 1. The molecule has 0 heterocycles. The number of alkyl halides is 3. The lowest BCUT2D eigenvalue weighted by atomic mass is 9.86. The summed E-state index contributed by atoms with van der Waals surface area (Å²) in [6, 6.07) is -1.21. The van der Waals surface area contributed by atoms with Crippen molar-refractivity contribution in [3.63, 3.8) is 0 Å². The van der Waals surface area contributed by atoms with Gasteiger partial charge < -0.3 is 14.8 Å². The lowest BCUT2D eigenvalue weighted by Crippen LogP contribution is -2.60. The van der Waals surface area contributed by atoms with Gasteiger partial charge in [-0.2, -0.15) is 13.2 Å². The third kappa shape index (κ3) is 6.99. The maximum Gasteiger partial charge on any atom is 0.412 e. The van der Waals surface area contributed by atoms with Gasteiger partial charge in [0.2, 0.25) is 0 Å². The van der Waals surface area contributed by atoms with E-state index in [0.29, 0.717) is 13.2 Å². The van der Waals surface area contributed by atoms with Gasteiger partial charge in [-0.3, -0.25) is 4.90 Å². The predicted octanol–water partition coefficient (Wildman–Crippen LogP) is 5.40. The summed E-state index contributed by atoms with van der Waals surface area (Å²) in [6.45, 7) is 16.6. The van der Waals surface area contributed by atoms with E-state index in [-0.39, 0.29) is 17.9 Å². The normalized spacial score (nSPS) is 21.7. The third-order valence-electron chi connectivity index (χ3n) is 5.91. The van der Waals surface area contributed by atoms with Crippen molar-refractivity contribution >= 4 is 14.4 Å². The maximum atomic E-state index is 13.3. The first-order valence-corrected chi connectivity index (χ1v) is 12.9. The van der Waals surface area contributed by atoms with E-state index in [1.807, 2.05) is 0 Å². The molecule has 9 heteroatoms. The van der Waals surface area contributed by atoms with E-state index < -0.39 is 43.8 Å². The van der Waals surface area contributed by atoms with Crippen LogP contribution in [0.3, 0.4) is 0 Å². The van der Waals surface area contributed by atoms with Crippen molar-refractivity contribution in [2.45, 2.75) is 96.3 Å². The Labute approximate surface area is 173 Å². The van der Waals surface area contributed by atoms with Crippen molar-refractivity contribution < 1.29 is 27.5 Å². The van der Waals surface area contributed by atoms with Gasteiger partial charge in [-0.05, 0) is 51.7 Å². The Bertz CT molecular complexity index is 608. The number of rotatable bonds is 6. The Hall–Kier alpha value is -1.06. The average molecular weight is 439 g/mol. The van der Waals surface area contributed by atoms with Gasteiger partial charge in [-0.1, -0.05) is 26.8 Å². The predicted molar refractivity (Wildman–Crippen MR) is 112 cm³/mol. The van der Waals surface area contributed by atoms with Crippen LogP contribution in [0.4, 0.5) is 18.0 Å². The number of hydrogen-bond donors (Lipinski definition) is 2. The fourth-order valence-electron chi connectivity index (χ4n) is 3.30. The molecule has 0 spiro atoms. The van der Waals surface area contributed by atoms with Crippen molar-refractivity contribution in [3.05, 3.63) is 11.6 Å². The van der Waals surface area contributed by atoms with Crippen molar-refractivity contribution in [2.24, 2.45) is 0 Å². The molecule has 0 aromatic rings. The molecule has 0 aromatic heterocycles. The van der Waals surface area contributed by atoms with Gasteiger partial charge >= 0.3 is 12.3 Å². The van der Waals surface area contributed by atoms with Crippen LogP contribution >= 0.6 is 0 Å². The molecule has 2 atom stereocenters. The first-order chi connectivity index (χ1) is 12.9. The van der Waals surface area contributed by atoms with Gasteiger partial charge in [0.1, 0.15) is 0 Å². The molecule has 0 saturated carbocycles. The van der Waals surface area contributed by atoms with Crippen LogP contribution in [0.25, 0.3) is 0 Å². The topological polar surface area (TPSA) is 61.8 Å². The monoisotopic (exact) mass is 438 g/mol. The highest BCUT2D eigenvalue weighted by atomic mass is 28.4. The summed E-state index contributed by atoms with van der Waals surface area (Å²) >= 11 is 0. The molecule has 0 fully saturated rings. The van der Waals surface area contributed by atoms with Crippen molar-refractivity contribution in [3.8, 4) is 0 Å². The zero-order valence-electron chi connectivity index (χ0n) is 18.9. The summed E-state index contributed by atoms with van der Waals surface area (Å²) in [5.74, 6) is 0. The first-order valence-electron chi connectivity index (χ1n) is 10.0. The highest BCUT2D eigenvalue weighted by Gasteiger charge is 2.44. The van der Waals surface area contributed by atoms with Crippen LogP contribution < -0.4 is 5.32 Å². The Morgan fingerprint density at radius 2 is 1.79 bits per heavy atom. The standard InChI is InChI=1S/C20H37F3N2O3Si/c1-18(2,3)25(17(26)27)16-10-9-14(20(21,22)23)13-15(16)24-11-12-28-29(7,8)19(4,5)6/h9,15-16,24H,10-13H2,1-8H3,(H,26,27)/t15-,16-/m0/s1. The molecule has 2 N–H and O–H groups in total. The Morgan fingerprint density at radius 1 is 1.24 bits per heavy atom. The van der Waals surface area contributed by atoms with Crippen LogP contribution in [0, 0.1) is 0 Å². The SMILES string of the molecule is CC(C)(C)N(C(=O)O)[C@H]1CC=C(C(F)(F)F)C[C@@H]1NCCO[Si](C)(C)C(C)(C)C. The highest BCUT2D eigenvalue weighted by molar-refractivity contribution is 6.74. The molecular formula is C20H37F3N2O3Si. The van der Waals surface area contributed by atoms with Crippen LogP contribution in [0.2, 0.25) is 18.1 Å². The maximum absolute atomic E-state index is 13.3. The average Bonchev–Trinajstić information content (AvgIpc) is 2.48. The minimum Gasteiger partial charge on any atom is -0.465 e. The van der Waals surface area contributed by atoms with E-state index in [1.165, 1.54) is 4.90 Å². The number of amides is 1. The molecule has 0 bridgehead atoms. The van der Waals surface area contributed by atoms with Gasteiger partial charge in [-0.15, -0.1) is 0 Å². The zero-order valence-corrected chi connectivity index (χ0v) is 19.9. The molecule has 0 unspecified atom stereocenters. The summed E-state index contributed by atoms with van der Waals surface area (Å²) < 4.78 is 45.9. The summed E-state index contributed by atoms with van der Waals surface area (Å²) in [5.41, 5.74) is -1.33. The molecule has 170 valence electrons. The quantitative estimate of drug-likeness (QED) is 0.331. The molecule has 0 aliphatic heterocycles. The fraction of sp³-hybridized carbons (Fsp3) is 0.850. The van der Waals surface area contributed by atoms with Crippen LogP contribution in [0.1, 0.15) is 54.4 Å². The first kappa shape index (κ1) is 26.0. The van der Waals surface area contributed by atoms with Gasteiger partial charge in [0.05, 0.1) is 6.04 Å². The number of nitrogens with zero attached hydrogens (tertiary/aromatic N) is 1. The zero-order chi connectivity index (χ0) is 22.8. The van der Waals surface area contributed by atoms with Crippen molar-refractivity contribution in [1.29, 1.82) is 0 Å². The van der Waals surface area contributed by atoms with Gasteiger partial charge in [0.15, 0.2) is 8.32 Å². The molecule has 0 radical (unpaired) electrons. The summed E-state index contributed by atoms with van der Waals surface area (Å²) in [6.07, 6.45) is -4.63. The van der Waals surface area contributed by atoms with E-state index >= 15 is 0 Å². The smallest absolute Gasteiger partial charge is 0.412 e. The highest BCUT2D eigenvalue weighted by Crippen LogP contribution is 2.37. The number of carbonyl (C=O) groups is 1. The van der Waals surface area contributed by atoms with Crippen LogP contribution in [-0.2, 0) is 4.43 Å². The summed E-state index contributed by atoms with van der Waals surface area (Å²) in [5, 5.41) is 12.9. The molecule has 29 heavy (non-hydrogen) atoms.